The van der Waals surface area contributed by atoms with E-state index in [1.165, 1.54) is 0 Å². The van der Waals surface area contributed by atoms with Gasteiger partial charge in [-0.05, 0) is 42.3 Å². The van der Waals surface area contributed by atoms with Crippen molar-refractivity contribution in [1.29, 1.82) is 0 Å². The number of benzene rings is 3. The van der Waals surface area contributed by atoms with E-state index in [2.05, 4.69) is 16.3 Å². The van der Waals surface area contributed by atoms with Gasteiger partial charge in [-0.1, -0.05) is 75.4 Å². The molecule has 39 heavy (non-hydrogen) atoms. The first-order chi connectivity index (χ1) is 18.6. The molecule has 3 aromatic carbocycles. The number of fused-ring (bicyclic) bond motifs is 6. The Morgan fingerprint density at radius 2 is 1.69 bits per heavy atom. The lowest BCUT2D eigenvalue weighted by atomic mass is 9.63. The summed E-state index contributed by atoms with van der Waals surface area (Å²) in [6, 6.07) is 21.1. The molecule has 4 atom stereocenters. The van der Waals surface area contributed by atoms with E-state index in [9.17, 15) is 14.4 Å². The van der Waals surface area contributed by atoms with Crippen molar-refractivity contribution in [2.45, 2.75) is 45.2 Å². The van der Waals surface area contributed by atoms with Gasteiger partial charge >= 0.3 is 0 Å². The van der Waals surface area contributed by atoms with Crippen LogP contribution in [0.25, 0.3) is 5.57 Å². The lowest BCUT2D eigenvalue weighted by Crippen LogP contribution is -2.51. The summed E-state index contributed by atoms with van der Waals surface area (Å²) in [6.07, 6.45) is 2.08. The van der Waals surface area contributed by atoms with Gasteiger partial charge in [0.2, 0.25) is 5.91 Å². The number of nitrogens with one attached hydrogen (secondary N) is 1. The lowest BCUT2D eigenvalue weighted by Gasteiger charge is -2.39. The fourth-order valence-electron chi connectivity index (χ4n) is 6.79. The second kappa shape index (κ2) is 8.67. The van der Waals surface area contributed by atoms with Gasteiger partial charge < -0.3 is 15.0 Å². The minimum atomic E-state index is -1.31. The number of amides is 1. The number of nitrogens with zero attached hydrogens (tertiary/aromatic N) is 1. The molecule has 6 rings (SSSR count). The average molecular weight is 521 g/mol. The van der Waals surface area contributed by atoms with Crippen LogP contribution in [0.2, 0.25) is 0 Å². The number of carbonyl (C=O) groups excluding carboxylic acids is 3. The molecule has 1 N–H and O–H groups in total. The average Bonchev–Trinajstić information content (AvgIpc) is 3.40. The van der Waals surface area contributed by atoms with Crippen molar-refractivity contribution in [3.8, 4) is 5.75 Å². The Morgan fingerprint density at radius 1 is 0.974 bits per heavy atom. The first-order valence-corrected chi connectivity index (χ1v) is 13.3. The number of hydrogen-bond donors (Lipinski definition) is 1. The first kappa shape index (κ1) is 25.1. The van der Waals surface area contributed by atoms with Crippen molar-refractivity contribution < 1.29 is 19.1 Å². The number of rotatable bonds is 4. The molecule has 3 aromatic rings. The number of para-hydroxylation sites is 2. The van der Waals surface area contributed by atoms with Gasteiger partial charge in [-0.15, -0.1) is 0 Å². The predicted molar refractivity (Wildman–Crippen MR) is 152 cm³/mol. The molecule has 1 spiro atoms. The highest BCUT2D eigenvalue weighted by Gasteiger charge is 2.71. The van der Waals surface area contributed by atoms with E-state index < -0.39 is 28.8 Å². The molecule has 1 amide bonds. The van der Waals surface area contributed by atoms with Crippen LogP contribution >= 0.6 is 0 Å². The second-order valence-electron chi connectivity index (χ2n) is 11.7. The molecule has 0 aliphatic carbocycles. The zero-order valence-corrected chi connectivity index (χ0v) is 22.8. The van der Waals surface area contributed by atoms with E-state index in [-0.39, 0.29) is 17.5 Å². The third-order valence-corrected chi connectivity index (χ3v) is 8.53. The van der Waals surface area contributed by atoms with Crippen molar-refractivity contribution in [1.82, 2.24) is 0 Å². The normalized spacial score (nSPS) is 24.9. The molecule has 1 saturated heterocycles. The highest BCUT2D eigenvalue weighted by Crippen LogP contribution is 2.59. The summed E-state index contributed by atoms with van der Waals surface area (Å²) in [5.41, 5.74) is 2.65. The predicted octanol–water partition coefficient (Wildman–Crippen LogP) is 5.67. The van der Waals surface area contributed by atoms with Crippen LogP contribution in [0.4, 0.5) is 11.4 Å². The molecular formula is C33H32N2O4. The molecule has 3 aliphatic rings. The molecule has 0 saturated carbocycles. The van der Waals surface area contributed by atoms with Crippen LogP contribution in [0.15, 0.2) is 78.9 Å². The molecule has 198 valence electrons. The van der Waals surface area contributed by atoms with Gasteiger partial charge in [0.1, 0.15) is 17.2 Å². The fraction of sp³-hybridized carbons (Fsp3) is 0.303. The molecule has 4 unspecified atom stereocenters. The van der Waals surface area contributed by atoms with Crippen LogP contribution in [-0.2, 0) is 15.0 Å². The van der Waals surface area contributed by atoms with Crippen LogP contribution in [0.3, 0.4) is 0 Å². The van der Waals surface area contributed by atoms with Crippen LogP contribution in [-0.4, -0.2) is 36.7 Å². The smallest absolute Gasteiger partial charge is 0.238 e. The third-order valence-electron chi connectivity index (χ3n) is 8.53. The van der Waals surface area contributed by atoms with Crippen molar-refractivity contribution >= 4 is 34.4 Å². The Balaban J connectivity index is 1.70. The number of ether oxygens (including phenoxy) is 1. The Labute approximate surface area is 228 Å². The number of Topliss-reactive ketones (excluding diaryl/α,β-unsaturated/α-hetero) is 2. The number of allylic oxidation sites excluding steroid dienone is 1. The van der Waals surface area contributed by atoms with E-state index in [1.807, 2.05) is 76.2 Å². The molecule has 0 aromatic heterocycles. The summed E-state index contributed by atoms with van der Waals surface area (Å²) in [7, 11) is 1.55. The van der Waals surface area contributed by atoms with Crippen LogP contribution in [0, 0.1) is 11.3 Å². The van der Waals surface area contributed by atoms with Crippen molar-refractivity contribution in [2.24, 2.45) is 11.3 Å². The zero-order chi connectivity index (χ0) is 27.7. The number of anilines is 2. The van der Waals surface area contributed by atoms with E-state index in [0.717, 1.165) is 22.4 Å². The fourth-order valence-corrected chi connectivity index (χ4v) is 6.79. The number of carbonyl (C=O) groups is 3. The minimum Gasteiger partial charge on any atom is -0.497 e. The lowest BCUT2D eigenvalue weighted by molar-refractivity contribution is -0.128. The maximum Gasteiger partial charge on any atom is 0.238 e. The van der Waals surface area contributed by atoms with Gasteiger partial charge in [-0.2, -0.15) is 0 Å². The van der Waals surface area contributed by atoms with E-state index in [4.69, 9.17) is 4.74 Å². The van der Waals surface area contributed by atoms with Gasteiger partial charge in [-0.3, -0.25) is 14.4 Å². The highest BCUT2D eigenvalue weighted by atomic mass is 16.5. The molecular weight excluding hydrogens is 488 g/mol. The number of methoxy groups -OCH3 is 1. The van der Waals surface area contributed by atoms with Gasteiger partial charge in [0, 0.05) is 27.9 Å². The Bertz CT molecular complexity index is 1570. The highest BCUT2D eigenvalue weighted by molar-refractivity contribution is 6.17. The van der Waals surface area contributed by atoms with E-state index in [1.54, 1.807) is 31.4 Å². The Kier molecular flexibility index (Phi) is 5.58. The maximum atomic E-state index is 14.8. The molecule has 1 fully saturated rings. The monoisotopic (exact) mass is 520 g/mol. The molecule has 6 nitrogen and oxygen atoms in total. The van der Waals surface area contributed by atoms with Gasteiger partial charge in [0.15, 0.2) is 11.6 Å². The number of hydrogen-bond acceptors (Lipinski definition) is 5. The SMILES string of the molecule is COc1cccc(C(=O)C2C(C(=O)C(C)(C)C)N3c4ccccc4C(C)=CC3C23C(=O)Nc2ccccc23)c1. The van der Waals surface area contributed by atoms with Crippen molar-refractivity contribution in [2.75, 3.05) is 17.3 Å². The van der Waals surface area contributed by atoms with Gasteiger partial charge in [0.05, 0.1) is 19.1 Å². The van der Waals surface area contributed by atoms with E-state index >= 15 is 0 Å². The molecule has 6 heteroatoms. The summed E-state index contributed by atoms with van der Waals surface area (Å²) >= 11 is 0. The number of ketones is 2. The van der Waals surface area contributed by atoms with Gasteiger partial charge in [0.25, 0.3) is 0 Å². The van der Waals surface area contributed by atoms with Crippen LogP contribution < -0.4 is 15.0 Å². The van der Waals surface area contributed by atoms with Crippen molar-refractivity contribution in [3.63, 3.8) is 0 Å². The summed E-state index contributed by atoms with van der Waals surface area (Å²) in [6.45, 7) is 7.66. The third kappa shape index (κ3) is 3.43. The Morgan fingerprint density at radius 3 is 2.44 bits per heavy atom. The molecule has 3 aliphatic heterocycles. The molecule has 0 radical (unpaired) electrons. The minimum absolute atomic E-state index is 0.0782. The Hall–Kier alpha value is -4.19. The second-order valence-corrected chi connectivity index (χ2v) is 11.7. The van der Waals surface area contributed by atoms with Crippen LogP contribution in [0.5, 0.6) is 5.75 Å². The van der Waals surface area contributed by atoms with Crippen LogP contribution in [0.1, 0.15) is 49.2 Å². The summed E-state index contributed by atoms with van der Waals surface area (Å²) in [4.78, 5) is 45.7. The zero-order valence-electron chi connectivity index (χ0n) is 22.8. The standard InChI is InChI=1S/C33H32N2O4/c1-19-17-26-33(23-14-7-8-15-24(23)34-31(33)38)27(29(36)20-11-10-12-21(18-20)39-5)28(30(37)32(2,3)4)35(26)25-16-9-6-13-22(19)25/h6-18,26-28H,1-5H3,(H,34,38). The summed E-state index contributed by atoms with van der Waals surface area (Å²) in [5, 5.41) is 3.08. The summed E-state index contributed by atoms with van der Waals surface area (Å²) in [5.74, 6) is -1.01. The van der Waals surface area contributed by atoms with Gasteiger partial charge in [-0.25, -0.2) is 0 Å². The largest absolute Gasteiger partial charge is 0.497 e. The molecule has 0 bridgehead atoms. The van der Waals surface area contributed by atoms with E-state index in [0.29, 0.717) is 17.0 Å². The first-order valence-electron chi connectivity index (χ1n) is 13.3. The molecule has 3 heterocycles. The topological polar surface area (TPSA) is 75.7 Å². The maximum absolute atomic E-state index is 14.8. The summed E-state index contributed by atoms with van der Waals surface area (Å²) < 4.78 is 5.43. The quantitative estimate of drug-likeness (QED) is 0.449. The van der Waals surface area contributed by atoms with Crippen molar-refractivity contribution in [3.05, 3.63) is 95.6 Å².